The number of hydrogen-bond donors (Lipinski definition) is 0. The number of furan rings is 1. The van der Waals surface area contributed by atoms with Crippen molar-refractivity contribution in [3.63, 3.8) is 0 Å². The maximum absolute atomic E-state index is 12.6. The van der Waals surface area contributed by atoms with Gasteiger partial charge >= 0.3 is 0 Å². The van der Waals surface area contributed by atoms with Crippen LogP contribution in [0.4, 0.5) is 0 Å². The zero-order chi connectivity index (χ0) is 17.9. The first kappa shape index (κ1) is 18.1. The van der Waals surface area contributed by atoms with Crippen LogP contribution in [0.5, 0.6) is 0 Å². The first-order valence-electron chi connectivity index (χ1n) is 8.69. The fraction of sp³-hybridized carbons (Fsp3) is 0.500. The monoisotopic (exact) mass is 363 g/mol. The van der Waals surface area contributed by atoms with Crippen molar-refractivity contribution in [1.29, 1.82) is 0 Å². The van der Waals surface area contributed by atoms with E-state index in [9.17, 15) is 8.42 Å². The molecule has 0 saturated carbocycles. The number of nitrogens with zero attached hydrogens (tertiary/aromatic N) is 3. The summed E-state index contributed by atoms with van der Waals surface area (Å²) in [6, 6.07) is 9.46. The first-order valence-corrected chi connectivity index (χ1v) is 10.1. The lowest BCUT2D eigenvalue weighted by Gasteiger charge is -2.25. The average Bonchev–Trinajstić information content (AvgIpc) is 3.27. The minimum atomic E-state index is -3.50. The summed E-state index contributed by atoms with van der Waals surface area (Å²) in [5, 5.41) is 0.0472. The third-order valence-corrected chi connectivity index (χ3v) is 6.25. The van der Waals surface area contributed by atoms with Crippen LogP contribution in [-0.2, 0) is 23.1 Å². The van der Waals surface area contributed by atoms with Crippen molar-refractivity contribution in [2.45, 2.75) is 50.9 Å². The average molecular weight is 363 g/mol. The van der Waals surface area contributed by atoms with E-state index in [0.29, 0.717) is 31.9 Å². The van der Waals surface area contributed by atoms with E-state index in [2.05, 4.69) is 23.7 Å². The summed E-state index contributed by atoms with van der Waals surface area (Å²) in [5.74, 6) is 0.655. The highest BCUT2D eigenvalue weighted by Gasteiger charge is 2.30. The van der Waals surface area contributed by atoms with Gasteiger partial charge in [-0.15, -0.1) is 0 Å². The predicted molar refractivity (Wildman–Crippen MR) is 95.3 cm³/mol. The molecule has 0 radical (unpaired) electrons. The molecule has 0 bridgehead atoms. The quantitative estimate of drug-likeness (QED) is 0.757. The van der Waals surface area contributed by atoms with Gasteiger partial charge in [-0.25, -0.2) is 8.42 Å². The molecule has 3 heterocycles. The summed E-state index contributed by atoms with van der Waals surface area (Å²) in [6.07, 6.45) is 3.61. The molecule has 25 heavy (non-hydrogen) atoms. The molecule has 0 atom stereocenters. The molecule has 136 valence electrons. The molecule has 1 aliphatic heterocycles. The van der Waals surface area contributed by atoms with Crippen LogP contribution in [0, 0.1) is 0 Å². The van der Waals surface area contributed by atoms with Crippen molar-refractivity contribution in [2.24, 2.45) is 0 Å². The molecular formula is C18H25N3O3S. The van der Waals surface area contributed by atoms with Crippen molar-refractivity contribution in [3.05, 3.63) is 48.0 Å². The van der Waals surface area contributed by atoms with Gasteiger partial charge in [0.05, 0.1) is 12.2 Å². The Hall–Kier alpha value is -1.70. The molecule has 2 aromatic heterocycles. The lowest BCUT2D eigenvalue weighted by molar-refractivity contribution is 0.181. The lowest BCUT2D eigenvalue weighted by Crippen LogP contribution is -2.30. The second kappa shape index (κ2) is 7.68. The molecule has 0 aliphatic carbocycles. The van der Waals surface area contributed by atoms with Gasteiger partial charge in [-0.3, -0.25) is 9.88 Å². The van der Waals surface area contributed by atoms with Crippen LogP contribution in [0.1, 0.15) is 38.1 Å². The van der Waals surface area contributed by atoms with Crippen LogP contribution in [-0.4, -0.2) is 41.7 Å². The predicted octanol–water partition coefficient (Wildman–Crippen LogP) is 2.87. The summed E-state index contributed by atoms with van der Waals surface area (Å²) >= 11 is 0. The molecule has 3 rings (SSSR count). The Kier molecular flexibility index (Phi) is 5.56. The minimum absolute atomic E-state index is 0.0472. The Morgan fingerprint density at radius 1 is 1.16 bits per heavy atom. The Labute approximate surface area is 149 Å². The van der Waals surface area contributed by atoms with Crippen molar-refractivity contribution in [2.75, 3.05) is 13.1 Å². The molecule has 0 aromatic carbocycles. The maximum atomic E-state index is 12.6. The van der Waals surface area contributed by atoms with E-state index in [-0.39, 0.29) is 11.1 Å². The lowest BCUT2D eigenvalue weighted by atomic mass is 10.2. The zero-order valence-electron chi connectivity index (χ0n) is 14.8. The third-order valence-electron chi connectivity index (χ3n) is 4.48. The van der Waals surface area contributed by atoms with Crippen molar-refractivity contribution >= 4 is 10.0 Å². The van der Waals surface area contributed by atoms with Gasteiger partial charge in [0.1, 0.15) is 5.76 Å². The number of hydrogen-bond acceptors (Lipinski definition) is 5. The Bertz CT molecular complexity index is 781. The summed E-state index contributed by atoms with van der Waals surface area (Å²) in [7, 11) is -3.50. The highest BCUT2D eigenvalue weighted by Crippen LogP contribution is 2.24. The van der Waals surface area contributed by atoms with Gasteiger partial charge < -0.3 is 4.42 Å². The molecule has 0 unspecified atom stereocenters. The summed E-state index contributed by atoms with van der Waals surface area (Å²) < 4.78 is 32.3. The van der Waals surface area contributed by atoms with Crippen molar-refractivity contribution < 1.29 is 12.8 Å². The van der Waals surface area contributed by atoms with E-state index in [4.69, 9.17) is 4.42 Å². The molecule has 1 saturated heterocycles. The molecule has 7 heteroatoms. The Morgan fingerprint density at radius 3 is 2.56 bits per heavy atom. The molecule has 6 nitrogen and oxygen atoms in total. The van der Waals surface area contributed by atoms with Crippen LogP contribution >= 0.6 is 0 Å². The summed E-state index contributed by atoms with van der Waals surface area (Å²) in [5.41, 5.74) is 0.979. The highest BCUT2D eigenvalue weighted by atomic mass is 32.2. The van der Waals surface area contributed by atoms with E-state index >= 15 is 0 Å². The number of sulfonamides is 1. The number of aromatic nitrogens is 1. The van der Waals surface area contributed by atoms with Crippen LogP contribution < -0.4 is 0 Å². The highest BCUT2D eigenvalue weighted by molar-refractivity contribution is 7.89. The summed E-state index contributed by atoms with van der Waals surface area (Å²) in [6.45, 7) is 6.60. The fourth-order valence-corrected chi connectivity index (χ4v) is 4.40. The van der Waals surface area contributed by atoms with Gasteiger partial charge in [0.25, 0.3) is 10.0 Å². The first-order chi connectivity index (χ1) is 12.0. The summed E-state index contributed by atoms with van der Waals surface area (Å²) in [4.78, 5) is 6.57. The van der Waals surface area contributed by atoms with Gasteiger partial charge in [0, 0.05) is 31.9 Å². The van der Waals surface area contributed by atoms with Gasteiger partial charge in [-0.1, -0.05) is 6.07 Å². The molecule has 0 amide bonds. The zero-order valence-corrected chi connectivity index (χ0v) is 15.6. The van der Waals surface area contributed by atoms with Gasteiger partial charge in [-0.2, -0.15) is 4.31 Å². The molecule has 1 aliphatic rings. The van der Waals surface area contributed by atoms with Gasteiger partial charge in [0.2, 0.25) is 5.09 Å². The fourth-order valence-electron chi connectivity index (χ4n) is 2.96. The van der Waals surface area contributed by atoms with Gasteiger partial charge in [-0.05, 0) is 51.0 Å². The Morgan fingerprint density at radius 2 is 1.92 bits per heavy atom. The maximum Gasteiger partial charge on any atom is 0.276 e. The van der Waals surface area contributed by atoms with E-state index in [0.717, 1.165) is 18.5 Å². The Balaban J connectivity index is 1.72. The third kappa shape index (κ3) is 4.29. The van der Waals surface area contributed by atoms with Crippen molar-refractivity contribution in [1.82, 2.24) is 14.2 Å². The minimum Gasteiger partial charge on any atom is -0.447 e. The topological polar surface area (TPSA) is 66.7 Å². The van der Waals surface area contributed by atoms with Crippen LogP contribution in [0.3, 0.4) is 0 Å². The normalized spacial score (nSPS) is 16.2. The largest absolute Gasteiger partial charge is 0.447 e. The van der Waals surface area contributed by atoms with Gasteiger partial charge in [0.15, 0.2) is 0 Å². The second-order valence-corrected chi connectivity index (χ2v) is 8.52. The van der Waals surface area contributed by atoms with Crippen LogP contribution in [0.15, 0.2) is 46.0 Å². The SMILES string of the molecule is CC(C)N(Cc1ccccn1)Cc1ccc(S(=O)(=O)N2CCCC2)o1. The van der Waals surface area contributed by atoms with E-state index in [1.165, 1.54) is 4.31 Å². The standard InChI is InChI=1S/C18H25N3O3S/c1-15(2)20(13-16-7-3-4-10-19-16)14-17-8-9-18(24-17)25(22,23)21-11-5-6-12-21/h3-4,7-10,15H,5-6,11-14H2,1-2H3. The number of pyridine rings is 1. The number of rotatable bonds is 7. The van der Waals surface area contributed by atoms with Crippen LogP contribution in [0.2, 0.25) is 0 Å². The van der Waals surface area contributed by atoms with Crippen molar-refractivity contribution in [3.8, 4) is 0 Å². The second-order valence-electron chi connectivity index (χ2n) is 6.65. The molecule has 0 spiro atoms. The molecule has 0 N–H and O–H groups in total. The molecule has 2 aromatic rings. The smallest absolute Gasteiger partial charge is 0.276 e. The van der Waals surface area contributed by atoms with Crippen LogP contribution in [0.25, 0.3) is 0 Å². The van der Waals surface area contributed by atoms with E-state index < -0.39 is 10.0 Å². The molecule has 1 fully saturated rings. The van der Waals surface area contributed by atoms with E-state index in [1.54, 1.807) is 18.3 Å². The molecular weight excluding hydrogens is 338 g/mol. The van der Waals surface area contributed by atoms with E-state index in [1.807, 2.05) is 18.2 Å².